The van der Waals surface area contributed by atoms with Gasteiger partial charge in [0.25, 0.3) is 0 Å². The summed E-state index contributed by atoms with van der Waals surface area (Å²) in [6, 6.07) is 31.9. The molecule has 0 bridgehead atoms. The molecule has 0 spiro atoms. The van der Waals surface area contributed by atoms with Gasteiger partial charge in [0.1, 0.15) is 10.6 Å². The fourth-order valence-corrected chi connectivity index (χ4v) is 4.34. The van der Waals surface area contributed by atoms with Crippen LogP contribution in [-0.2, 0) is 5.54 Å². The van der Waals surface area contributed by atoms with E-state index in [1.54, 1.807) is 11.9 Å². The van der Waals surface area contributed by atoms with E-state index in [-0.39, 0.29) is 0 Å². The van der Waals surface area contributed by atoms with Crippen LogP contribution in [0.5, 0.6) is 0 Å². The number of rotatable bonds is 6. The second-order valence-corrected chi connectivity index (χ2v) is 8.16. The first-order valence-corrected chi connectivity index (χ1v) is 11.0. The average molecular weight is 416 g/mol. The summed E-state index contributed by atoms with van der Waals surface area (Å²) in [4.78, 5) is 4.68. The van der Waals surface area contributed by atoms with Gasteiger partial charge in [0.05, 0.1) is 6.33 Å². The molecular formula is C26H29N3S. The van der Waals surface area contributed by atoms with Crippen LogP contribution in [0.15, 0.2) is 109 Å². The van der Waals surface area contributed by atoms with Crippen molar-refractivity contribution in [2.24, 2.45) is 0 Å². The maximum atomic E-state index is 4.68. The van der Waals surface area contributed by atoms with Crippen molar-refractivity contribution in [1.29, 1.82) is 0 Å². The quantitative estimate of drug-likeness (QED) is 0.272. The Hall–Kier alpha value is -2.82. The summed E-state index contributed by atoms with van der Waals surface area (Å²) in [6.07, 6.45) is 4.08. The van der Waals surface area contributed by atoms with Crippen molar-refractivity contribution in [2.45, 2.75) is 24.4 Å². The zero-order valence-electron chi connectivity index (χ0n) is 18.1. The molecule has 30 heavy (non-hydrogen) atoms. The van der Waals surface area contributed by atoms with Gasteiger partial charge in [-0.05, 0) is 42.7 Å². The van der Waals surface area contributed by atoms with E-state index in [0.717, 1.165) is 5.03 Å². The van der Waals surface area contributed by atoms with Crippen molar-refractivity contribution in [3.63, 3.8) is 0 Å². The highest BCUT2D eigenvalue weighted by molar-refractivity contribution is 7.96. The third-order valence-electron chi connectivity index (χ3n) is 4.80. The van der Waals surface area contributed by atoms with Gasteiger partial charge >= 0.3 is 0 Å². The molecule has 0 amide bonds. The molecule has 0 N–H and O–H groups in total. The second-order valence-electron chi connectivity index (χ2n) is 6.83. The molecule has 0 saturated carbocycles. The molecule has 0 saturated heterocycles. The third kappa shape index (κ3) is 4.35. The summed E-state index contributed by atoms with van der Waals surface area (Å²) >= 11 is 1.62. The zero-order valence-corrected chi connectivity index (χ0v) is 18.9. The van der Waals surface area contributed by atoms with E-state index in [4.69, 9.17) is 0 Å². The van der Waals surface area contributed by atoms with Crippen molar-refractivity contribution in [3.05, 3.63) is 120 Å². The van der Waals surface area contributed by atoms with E-state index < -0.39 is 5.54 Å². The highest BCUT2D eigenvalue weighted by Gasteiger charge is 2.38. The molecule has 0 unspecified atom stereocenters. The summed E-state index contributed by atoms with van der Waals surface area (Å²) in [7, 11) is 4.06. The van der Waals surface area contributed by atoms with Crippen molar-refractivity contribution < 1.29 is 0 Å². The Kier molecular flexibility index (Phi) is 7.50. The van der Waals surface area contributed by atoms with Crippen LogP contribution in [0.1, 0.15) is 30.5 Å². The monoisotopic (exact) mass is 415 g/mol. The first-order valence-electron chi connectivity index (χ1n) is 10.3. The van der Waals surface area contributed by atoms with E-state index in [1.807, 2.05) is 34.3 Å². The van der Waals surface area contributed by atoms with Gasteiger partial charge in [0, 0.05) is 6.20 Å². The van der Waals surface area contributed by atoms with Crippen LogP contribution in [0.2, 0.25) is 0 Å². The SMILES string of the molecule is CC.CN(C)Sc1cn(C(c2ccccc2)(c2ccccc2)c2ccccc2)cn1. The maximum Gasteiger partial charge on any atom is 0.129 e. The van der Waals surface area contributed by atoms with Gasteiger partial charge in [0.2, 0.25) is 0 Å². The topological polar surface area (TPSA) is 21.1 Å². The van der Waals surface area contributed by atoms with Gasteiger partial charge in [-0.2, -0.15) is 0 Å². The molecule has 154 valence electrons. The molecular weight excluding hydrogens is 386 g/mol. The fraction of sp³-hybridized carbons (Fsp3) is 0.192. The van der Waals surface area contributed by atoms with Crippen LogP contribution in [-0.4, -0.2) is 28.0 Å². The van der Waals surface area contributed by atoms with E-state index in [1.165, 1.54) is 16.7 Å². The summed E-state index contributed by atoms with van der Waals surface area (Å²) in [5.41, 5.74) is 3.10. The highest BCUT2D eigenvalue weighted by Crippen LogP contribution is 2.41. The Balaban J connectivity index is 0.00000124. The molecule has 4 heteroatoms. The molecule has 0 radical (unpaired) electrons. The molecule has 1 aromatic heterocycles. The predicted molar refractivity (Wildman–Crippen MR) is 128 cm³/mol. The largest absolute Gasteiger partial charge is 0.318 e. The Morgan fingerprint density at radius 3 is 1.47 bits per heavy atom. The van der Waals surface area contributed by atoms with Crippen LogP contribution < -0.4 is 0 Å². The van der Waals surface area contributed by atoms with Crippen molar-refractivity contribution >= 4 is 11.9 Å². The van der Waals surface area contributed by atoms with Gasteiger partial charge in [-0.1, -0.05) is 105 Å². The molecule has 0 aliphatic rings. The molecule has 3 nitrogen and oxygen atoms in total. The summed E-state index contributed by atoms with van der Waals surface area (Å²) in [5.74, 6) is 0. The van der Waals surface area contributed by atoms with Crippen LogP contribution in [0.25, 0.3) is 0 Å². The summed E-state index contributed by atoms with van der Waals surface area (Å²) in [6.45, 7) is 4.00. The molecule has 1 heterocycles. The Morgan fingerprint density at radius 1 is 0.700 bits per heavy atom. The Morgan fingerprint density at radius 2 is 1.10 bits per heavy atom. The lowest BCUT2D eigenvalue weighted by Gasteiger charge is -2.37. The average Bonchev–Trinajstić information content (AvgIpc) is 3.26. The molecule has 0 aliphatic carbocycles. The standard InChI is InChI=1S/C24H23N3S.C2H6/c1-26(2)28-23-18-27(19-25-23)24(20-12-6-3-7-13-20,21-14-8-4-9-15-21)22-16-10-5-11-17-22;1-2/h3-19H,1-2H3;1-2H3. The van der Waals surface area contributed by atoms with E-state index in [0.29, 0.717) is 0 Å². The minimum absolute atomic E-state index is 0.498. The number of nitrogens with zero attached hydrogens (tertiary/aromatic N) is 3. The van der Waals surface area contributed by atoms with Gasteiger partial charge in [-0.15, -0.1) is 0 Å². The number of hydrogen-bond acceptors (Lipinski definition) is 3. The van der Waals surface area contributed by atoms with Crippen LogP contribution in [0, 0.1) is 0 Å². The summed E-state index contributed by atoms with van der Waals surface area (Å²) < 4.78 is 4.29. The normalized spacial score (nSPS) is 11.1. The van der Waals surface area contributed by atoms with Gasteiger partial charge in [-0.3, -0.25) is 4.31 Å². The number of imidazole rings is 1. The lowest BCUT2D eigenvalue weighted by Crippen LogP contribution is -2.36. The molecule has 0 fully saturated rings. The van der Waals surface area contributed by atoms with Crippen molar-refractivity contribution in [3.8, 4) is 0 Å². The van der Waals surface area contributed by atoms with E-state index in [2.05, 4.69) is 111 Å². The minimum atomic E-state index is -0.498. The first kappa shape index (κ1) is 21.9. The molecule has 4 aromatic rings. The highest BCUT2D eigenvalue weighted by atomic mass is 32.2. The number of hydrogen-bond donors (Lipinski definition) is 0. The second kappa shape index (κ2) is 10.3. The van der Waals surface area contributed by atoms with Gasteiger partial charge in [-0.25, -0.2) is 4.98 Å². The molecule has 3 aromatic carbocycles. The fourth-order valence-electron chi connectivity index (χ4n) is 3.71. The zero-order chi connectivity index (χ0) is 21.4. The molecule has 0 aliphatic heterocycles. The lowest BCUT2D eigenvalue weighted by molar-refractivity contribution is 0.513. The van der Waals surface area contributed by atoms with E-state index >= 15 is 0 Å². The van der Waals surface area contributed by atoms with Gasteiger partial charge in [0.15, 0.2) is 0 Å². The smallest absolute Gasteiger partial charge is 0.129 e. The lowest BCUT2D eigenvalue weighted by atomic mass is 9.77. The van der Waals surface area contributed by atoms with Gasteiger partial charge < -0.3 is 4.57 Å². The number of aromatic nitrogens is 2. The van der Waals surface area contributed by atoms with Crippen molar-refractivity contribution in [1.82, 2.24) is 13.9 Å². The maximum absolute atomic E-state index is 4.68. The molecule has 0 atom stereocenters. The van der Waals surface area contributed by atoms with Crippen molar-refractivity contribution in [2.75, 3.05) is 14.1 Å². The Bertz CT molecular complexity index is 915. The van der Waals surface area contributed by atoms with Crippen LogP contribution in [0.3, 0.4) is 0 Å². The van der Waals surface area contributed by atoms with Crippen LogP contribution >= 0.6 is 11.9 Å². The van der Waals surface area contributed by atoms with E-state index in [9.17, 15) is 0 Å². The Labute approximate surface area is 184 Å². The third-order valence-corrected chi connectivity index (χ3v) is 5.56. The molecule has 4 rings (SSSR count). The minimum Gasteiger partial charge on any atom is -0.318 e. The number of benzene rings is 3. The first-order chi connectivity index (χ1) is 14.7. The summed E-state index contributed by atoms with van der Waals surface area (Å²) in [5, 5.41) is 0.970. The predicted octanol–water partition coefficient (Wildman–Crippen LogP) is 6.32. The van der Waals surface area contributed by atoms with Crippen LogP contribution in [0.4, 0.5) is 0 Å².